The second kappa shape index (κ2) is 6.93. The van der Waals surface area contributed by atoms with Crippen LogP contribution in [0.1, 0.15) is 46.8 Å². The fourth-order valence-electron chi connectivity index (χ4n) is 3.69. The van der Waals surface area contributed by atoms with E-state index in [1.165, 1.54) is 29.3 Å². The summed E-state index contributed by atoms with van der Waals surface area (Å²) in [6, 6.07) is 10.5. The van der Waals surface area contributed by atoms with Crippen LogP contribution in [0.5, 0.6) is 0 Å². The molecule has 5 nitrogen and oxygen atoms in total. The van der Waals surface area contributed by atoms with Gasteiger partial charge in [0.15, 0.2) is 16.8 Å². The number of carbonyl (C=O) groups is 1. The molecule has 0 spiro atoms. The number of nitrogens with zero attached hydrogens (tertiary/aromatic N) is 4. The lowest BCUT2D eigenvalue weighted by Gasteiger charge is -2.08. The van der Waals surface area contributed by atoms with E-state index in [1.807, 2.05) is 24.4 Å². The number of carbonyl (C=O) groups excluding carboxylic acids is 1. The number of ketones is 1. The van der Waals surface area contributed by atoms with Crippen LogP contribution in [0.4, 0.5) is 0 Å². The van der Waals surface area contributed by atoms with E-state index in [0.717, 1.165) is 47.8 Å². The largest absolute Gasteiger partial charge is 0.299 e. The Morgan fingerprint density at radius 2 is 2.04 bits per heavy atom. The molecule has 2 aliphatic rings. The Morgan fingerprint density at radius 1 is 1.15 bits per heavy atom. The van der Waals surface area contributed by atoms with E-state index in [4.69, 9.17) is 0 Å². The molecule has 6 heteroatoms. The number of Topliss-reactive ketones (excluding diaryl/α,β-unsaturated/α-hetero) is 1. The second-order valence-electron chi connectivity index (χ2n) is 7.20. The van der Waals surface area contributed by atoms with Crippen LogP contribution in [0.15, 0.2) is 47.9 Å². The molecule has 1 fully saturated rings. The van der Waals surface area contributed by atoms with Gasteiger partial charge in [-0.1, -0.05) is 23.9 Å². The zero-order chi connectivity index (χ0) is 18.2. The third-order valence-electron chi connectivity index (χ3n) is 5.25. The molecule has 0 unspecified atom stereocenters. The third-order valence-corrected chi connectivity index (χ3v) is 6.19. The quantitative estimate of drug-likeness (QED) is 0.478. The Labute approximate surface area is 162 Å². The molecule has 2 aliphatic carbocycles. The molecule has 27 heavy (non-hydrogen) atoms. The minimum Gasteiger partial charge on any atom is -0.299 e. The third kappa shape index (κ3) is 3.30. The molecule has 1 aromatic carbocycles. The Balaban J connectivity index is 1.35. The first-order valence-corrected chi connectivity index (χ1v) is 10.4. The molecule has 0 amide bonds. The molecule has 1 saturated carbocycles. The molecular formula is C21H20N4OS. The summed E-state index contributed by atoms with van der Waals surface area (Å²) in [5.74, 6) is 1.39. The fourth-order valence-corrected chi connectivity index (χ4v) is 4.59. The van der Waals surface area contributed by atoms with Crippen LogP contribution >= 0.6 is 11.8 Å². The predicted octanol–water partition coefficient (Wildman–Crippen LogP) is 4.14. The highest BCUT2D eigenvalue weighted by Gasteiger charge is 2.30. The Kier molecular flexibility index (Phi) is 4.28. The topological polar surface area (TPSA) is 60.7 Å². The van der Waals surface area contributed by atoms with Gasteiger partial charge in [0.25, 0.3) is 0 Å². The van der Waals surface area contributed by atoms with Crippen LogP contribution in [-0.2, 0) is 12.8 Å². The van der Waals surface area contributed by atoms with Crippen molar-refractivity contribution in [2.45, 2.75) is 43.3 Å². The van der Waals surface area contributed by atoms with E-state index in [0.29, 0.717) is 11.8 Å². The molecule has 0 aliphatic heterocycles. The molecule has 3 aromatic rings. The minimum atomic E-state index is 0.156. The first-order valence-electron chi connectivity index (χ1n) is 9.43. The predicted molar refractivity (Wildman–Crippen MR) is 105 cm³/mol. The van der Waals surface area contributed by atoms with E-state index < -0.39 is 0 Å². The van der Waals surface area contributed by atoms with E-state index in [-0.39, 0.29) is 5.78 Å². The number of pyridine rings is 1. The zero-order valence-electron chi connectivity index (χ0n) is 15.0. The molecule has 2 aromatic heterocycles. The van der Waals surface area contributed by atoms with Gasteiger partial charge in [-0.05, 0) is 61.4 Å². The molecule has 2 heterocycles. The standard InChI is InChI=1S/C21H20N4OS/c26-19(16-7-6-14-3-1-4-15(14)11-16)13-27-21-24-23-20(25(21)18-8-9-18)17-5-2-10-22-12-17/h2,5-7,10-12,18H,1,3-4,8-9,13H2. The van der Waals surface area contributed by atoms with Gasteiger partial charge in [-0.3, -0.25) is 14.3 Å². The minimum absolute atomic E-state index is 0.156. The number of rotatable bonds is 6. The zero-order valence-corrected chi connectivity index (χ0v) is 15.8. The first-order chi connectivity index (χ1) is 13.3. The average molecular weight is 376 g/mol. The number of fused-ring (bicyclic) bond motifs is 1. The van der Waals surface area contributed by atoms with Gasteiger partial charge in [-0.15, -0.1) is 10.2 Å². The summed E-state index contributed by atoms with van der Waals surface area (Å²) in [7, 11) is 0. The van der Waals surface area contributed by atoms with Crippen molar-refractivity contribution in [1.29, 1.82) is 0 Å². The summed E-state index contributed by atoms with van der Waals surface area (Å²) in [5.41, 5.74) is 4.52. The molecule has 0 N–H and O–H groups in total. The summed E-state index contributed by atoms with van der Waals surface area (Å²) in [6.45, 7) is 0. The van der Waals surface area contributed by atoms with Crippen LogP contribution in [0.3, 0.4) is 0 Å². The summed E-state index contributed by atoms with van der Waals surface area (Å²) in [4.78, 5) is 16.9. The van der Waals surface area contributed by atoms with Crippen molar-refractivity contribution in [3.63, 3.8) is 0 Å². The highest BCUT2D eigenvalue weighted by atomic mass is 32.2. The number of benzene rings is 1. The van der Waals surface area contributed by atoms with Gasteiger partial charge in [0, 0.05) is 29.6 Å². The summed E-state index contributed by atoms with van der Waals surface area (Å²) < 4.78 is 2.18. The molecule has 0 atom stereocenters. The van der Waals surface area contributed by atoms with E-state index >= 15 is 0 Å². The smallest absolute Gasteiger partial charge is 0.192 e. The first kappa shape index (κ1) is 16.7. The average Bonchev–Trinajstić information content (AvgIpc) is 3.28. The molecule has 0 radical (unpaired) electrons. The maximum absolute atomic E-state index is 12.7. The number of aromatic nitrogens is 4. The monoisotopic (exact) mass is 376 g/mol. The highest BCUT2D eigenvalue weighted by Crippen LogP contribution is 2.41. The fraction of sp³-hybridized carbons (Fsp3) is 0.333. The summed E-state index contributed by atoms with van der Waals surface area (Å²) in [5, 5.41) is 9.58. The van der Waals surface area contributed by atoms with Gasteiger partial charge in [0.05, 0.1) is 5.75 Å². The van der Waals surface area contributed by atoms with Crippen LogP contribution < -0.4 is 0 Å². The lowest BCUT2D eigenvalue weighted by Crippen LogP contribution is -2.06. The maximum atomic E-state index is 12.7. The van der Waals surface area contributed by atoms with Gasteiger partial charge in [-0.2, -0.15) is 0 Å². The second-order valence-corrected chi connectivity index (χ2v) is 8.14. The molecule has 0 bridgehead atoms. The van der Waals surface area contributed by atoms with Gasteiger partial charge >= 0.3 is 0 Å². The van der Waals surface area contributed by atoms with Crippen LogP contribution in [0, 0.1) is 0 Å². The van der Waals surface area contributed by atoms with E-state index in [1.54, 1.807) is 6.20 Å². The maximum Gasteiger partial charge on any atom is 0.192 e. The summed E-state index contributed by atoms with van der Waals surface area (Å²) in [6.07, 6.45) is 9.27. The summed E-state index contributed by atoms with van der Waals surface area (Å²) >= 11 is 1.49. The van der Waals surface area contributed by atoms with Crippen molar-refractivity contribution in [3.05, 3.63) is 59.4 Å². The number of aryl methyl sites for hydroxylation is 2. The number of hydrogen-bond acceptors (Lipinski definition) is 5. The molecule has 136 valence electrons. The molecular weight excluding hydrogens is 356 g/mol. The molecule has 5 rings (SSSR count). The number of hydrogen-bond donors (Lipinski definition) is 0. The number of thioether (sulfide) groups is 1. The molecule has 0 saturated heterocycles. The van der Waals surface area contributed by atoms with Crippen molar-refractivity contribution in [1.82, 2.24) is 19.7 Å². The van der Waals surface area contributed by atoms with E-state index in [9.17, 15) is 4.79 Å². The normalized spacial score (nSPS) is 15.7. The van der Waals surface area contributed by atoms with Crippen LogP contribution in [0.2, 0.25) is 0 Å². The lowest BCUT2D eigenvalue weighted by atomic mass is 10.0. The van der Waals surface area contributed by atoms with Gasteiger partial charge < -0.3 is 0 Å². The van der Waals surface area contributed by atoms with E-state index in [2.05, 4.69) is 31.9 Å². The Bertz CT molecular complexity index is 995. The lowest BCUT2D eigenvalue weighted by molar-refractivity contribution is 0.102. The van der Waals surface area contributed by atoms with Crippen molar-refractivity contribution < 1.29 is 4.79 Å². The van der Waals surface area contributed by atoms with Gasteiger partial charge in [0.2, 0.25) is 0 Å². The highest BCUT2D eigenvalue weighted by molar-refractivity contribution is 7.99. The Morgan fingerprint density at radius 3 is 2.85 bits per heavy atom. The van der Waals surface area contributed by atoms with Gasteiger partial charge in [-0.25, -0.2) is 0 Å². The van der Waals surface area contributed by atoms with Crippen molar-refractivity contribution in [2.75, 3.05) is 5.75 Å². The van der Waals surface area contributed by atoms with Crippen LogP contribution in [-0.4, -0.2) is 31.3 Å². The van der Waals surface area contributed by atoms with Crippen molar-refractivity contribution in [3.8, 4) is 11.4 Å². The van der Waals surface area contributed by atoms with Gasteiger partial charge in [0.1, 0.15) is 0 Å². The Hall–Kier alpha value is -2.47. The van der Waals surface area contributed by atoms with Crippen molar-refractivity contribution >= 4 is 17.5 Å². The van der Waals surface area contributed by atoms with Crippen LogP contribution in [0.25, 0.3) is 11.4 Å². The SMILES string of the molecule is O=C(CSc1nnc(-c2cccnc2)n1C1CC1)c1ccc2c(c1)CCC2. The van der Waals surface area contributed by atoms with Crippen molar-refractivity contribution in [2.24, 2.45) is 0 Å².